The Morgan fingerprint density at radius 3 is 2.86 bits per heavy atom. The summed E-state index contributed by atoms with van der Waals surface area (Å²) >= 11 is 1.65. The predicted octanol–water partition coefficient (Wildman–Crippen LogP) is 4.38. The number of rotatable bonds is 5. The van der Waals surface area contributed by atoms with E-state index in [1.807, 2.05) is 65.4 Å². The highest BCUT2D eigenvalue weighted by Crippen LogP contribution is 2.26. The van der Waals surface area contributed by atoms with Crippen molar-refractivity contribution in [2.24, 2.45) is 0 Å². The Bertz CT molecular complexity index is 801. The van der Waals surface area contributed by atoms with Crippen LogP contribution in [0.4, 0.5) is 0 Å². The van der Waals surface area contributed by atoms with E-state index in [2.05, 4.69) is 11.9 Å². The molecule has 1 N–H and O–H groups in total. The van der Waals surface area contributed by atoms with E-state index >= 15 is 0 Å². The Kier molecular flexibility index (Phi) is 4.11. The highest BCUT2D eigenvalue weighted by molar-refractivity contribution is 7.17. The lowest BCUT2D eigenvalue weighted by atomic mass is 10.1. The second-order valence-corrected chi connectivity index (χ2v) is 6.15. The van der Waals surface area contributed by atoms with Gasteiger partial charge in [-0.3, -0.25) is 4.79 Å². The Morgan fingerprint density at radius 1 is 1.36 bits per heavy atom. The molecule has 1 aromatic carbocycles. The number of nitrogens with one attached hydrogen (secondary N) is 1. The average molecular weight is 310 g/mol. The fourth-order valence-electron chi connectivity index (χ4n) is 2.59. The van der Waals surface area contributed by atoms with Gasteiger partial charge in [0.1, 0.15) is 5.69 Å². The third kappa shape index (κ3) is 2.70. The lowest BCUT2D eigenvalue weighted by Crippen LogP contribution is -2.28. The summed E-state index contributed by atoms with van der Waals surface area (Å²) in [5, 5.41) is 5.11. The molecule has 0 spiro atoms. The molecule has 3 aromatic rings. The monoisotopic (exact) mass is 310 g/mol. The van der Waals surface area contributed by atoms with E-state index in [9.17, 15) is 4.79 Å². The number of thiophene rings is 1. The normalized spacial score (nSPS) is 12.2. The molecule has 4 heteroatoms. The van der Waals surface area contributed by atoms with E-state index in [0.29, 0.717) is 12.2 Å². The van der Waals surface area contributed by atoms with Gasteiger partial charge in [-0.05, 0) is 30.0 Å². The van der Waals surface area contributed by atoms with Gasteiger partial charge in [0.2, 0.25) is 0 Å². The molecular formula is C18H18N2OS. The Balaban J connectivity index is 1.87. The van der Waals surface area contributed by atoms with Gasteiger partial charge in [-0.1, -0.05) is 36.4 Å². The van der Waals surface area contributed by atoms with Crippen LogP contribution in [0.5, 0.6) is 0 Å². The van der Waals surface area contributed by atoms with Gasteiger partial charge < -0.3 is 9.88 Å². The van der Waals surface area contributed by atoms with Crippen molar-refractivity contribution in [3.05, 3.63) is 71.8 Å². The maximum absolute atomic E-state index is 12.6. The van der Waals surface area contributed by atoms with Crippen molar-refractivity contribution in [2.45, 2.75) is 19.5 Å². The highest BCUT2D eigenvalue weighted by Gasteiger charge is 2.17. The summed E-state index contributed by atoms with van der Waals surface area (Å²) in [6, 6.07) is 13.9. The summed E-state index contributed by atoms with van der Waals surface area (Å²) in [4.78, 5) is 12.6. The first kappa shape index (κ1) is 14.6. The first-order valence-corrected chi connectivity index (χ1v) is 8.12. The molecule has 0 saturated carbocycles. The third-order valence-electron chi connectivity index (χ3n) is 3.71. The smallest absolute Gasteiger partial charge is 0.268 e. The quantitative estimate of drug-likeness (QED) is 0.697. The number of hydrogen-bond donors (Lipinski definition) is 1. The van der Waals surface area contributed by atoms with Crippen LogP contribution < -0.4 is 5.32 Å². The minimum Gasteiger partial charge on any atom is -0.344 e. The van der Waals surface area contributed by atoms with Crippen LogP contribution in [0.15, 0.2) is 60.5 Å². The van der Waals surface area contributed by atoms with Crippen molar-refractivity contribution in [1.29, 1.82) is 0 Å². The first-order chi connectivity index (χ1) is 10.7. The lowest BCUT2D eigenvalue weighted by molar-refractivity contribution is 0.0931. The van der Waals surface area contributed by atoms with E-state index in [1.54, 1.807) is 11.3 Å². The van der Waals surface area contributed by atoms with Crippen LogP contribution >= 0.6 is 11.3 Å². The van der Waals surface area contributed by atoms with Crippen molar-refractivity contribution in [2.75, 3.05) is 0 Å². The van der Waals surface area contributed by atoms with Crippen molar-refractivity contribution >= 4 is 27.5 Å². The Hall–Kier alpha value is -2.33. The molecule has 0 radical (unpaired) electrons. The number of fused-ring (bicyclic) bond motifs is 1. The number of aromatic nitrogens is 1. The van der Waals surface area contributed by atoms with Crippen LogP contribution in [0.25, 0.3) is 10.2 Å². The van der Waals surface area contributed by atoms with Crippen molar-refractivity contribution in [3.63, 3.8) is 0 Å². The number of allylic oxidation sites excluding steroid dienone is 1. The molecule has 1 amide bonds. The van der Waals surface area contributed by atoms with Crippen LogP contribution in [0.3, 0.4) is 0 Å². The predicted molar refractivity (Wildman–Crippen MR) is 92.3 cm³/mol. The van der Waals surface area contributed by atoms with Crippen molar-refractivity contribution in [3.8, 4) is 0 Å². The molecule has 2 aromatic heterocycles. The van der Waals surface area contributed by atoms with Gasteiger partial charge in [-0.25, -0.2) is 0 Å². The zero-order chi connectivity index (χ0) is 15.5. The third-order valence-corrected chi connectivity index (χ3v) is 4.57. The molecule has 112 valence electrons. The maximum Gasteiger partial charge on any atom is 0.268 e. The summed E-state index contributed by atoms with van der Waals surface area (Å²) in [5.41, 5.74) is 2.87. The molecule has 1 atom stereocenters. The minimum absolute atomic E-state index is 0.0289. The van der Waals surface area contributed by atoms with Crippen molar-refractivity contribution < 1.29 is 4.79 Å². The van der Waals surface area contributed by atoms with Crippen LogP contribution in [0.1, 0.15) is 29.0 Å². The standard InChI is InChI=1S/C18H18N2OS/c1-3-10-20-15-9-11-22-17(15)12-16(20)18(21)19-13(2)14-7-5-4-6-8-14/h3-9,11-13H,1,10H2,2H3,(H,19,21). The fourth-order valence-corrected chi connectivity index (χ4v) is 3.41. The van der Waals surface area contributed by atoms with E-state index in [0.717, 1.165) is 15.8 Å². The van der Waals surface area contributed by atoms with Gasteiger partial charge in [0.15, 0.2) is 0 Å². The molecule has 1 unspecified atom stereocenters. The van der Waals surface area contributed by atoms with Crippen LogP contribution in [-0.4, -0.2) is 10.5 Å². The van der Waals surface area contributed by atoms with Crippen LogP contribution in [-0.2, 0) is 6.54 Å². The molecule has 0 aliphatic carbocycles. The number of hydrogen-bond acceptors (Lipinski definition) is 2. The summed E-state index contributed by atoms with van der Waals surface area (Å²) in [6.45, 7) is 6.41. The molecule has 0 aliphatic rings. The van der Waals surface area contributed by atoms with Gasteiger partial charge in [0.05, 0.1) is 16.3 Å². The topological polar surface area (TPSA) is 34.0 Å². The van der Waals surface area contributed by atoms with E-state index in [1.165, 1.54) is 0 Å². The first-order valence-electron chi connectivity index (χ1n) is 7.24. The second kappa shape index (κ2) is 6.20. The summed E-state index contributed by atoms with van der Waals surface area (Å²) in [5.74, 6) is -0.0541. The highest BCUT2D eigenvalue weighted by atomic mass is 32.1. The molecule has 2 heterocycles. The van der Waals surface area contributed by atoms with Crippen LogP contribution in [0.2, 0.25) is 0 Å². The van der Waals surface area contributed by atoms with Gasteiger partial charge in [0.25, 0.3) is 5.91 Å². The van der Waals surface area contributed by atoms with Crippen LogP contribution in [0, 0.1) is 0 Å². The Labute approximate surface area is 133 Å². The largest absolute Gasteiger partial charge is 0.344 e. The fraction of sp³-hybridized carbons (Fsp3) is 0.167. The van der Waals surface area contributed by atoms with Gasteiger partial charge in [-0.15, -0.1) is 17.9 Å². The second-order valence-electron chi connectivity index (χ2n) is 5.20. The molecule has 0 bridgehead atoms. The summed E-state index contributed by atoms with van der Waals surface area (Å²) in [7, 11) is 0. The summed E-state index contributed by atoms with van der Waals surface area (Å²) in [6.07, 6.45) is 1.81. The van der Waals surface area contributed by atoms with E-state index < -0.39 is 0 Å². The average Bonchev–Trinajstić information content (AvgIpc) is 3.11. The number of carbonyl (C=O) groups is 1. The number of carbonyl (C=O) groups excluding carboxylic acids is 1. The molecule has 0 aliphatic heterocycles. The van der Waals surface area contributed by atoms with E-state index in [-0.39, 0.29) is 11.9 Å². The van der Waals surface area contributed by atoms with Crippen molar-refractivity contribution in [1.82, 2.24) is 9.88 Å². The molecule has 3 nitrogen and oxygen atoms in total. The molecular weight excluding hydrogens is 292 g/mol. The SMILES string of the molecule is C=CCn1c(C(=O)NC(C)c2ccccc2)cc2sccc21. The summed E-state index contributed by atoms with van der Waals surface area (Å²) < 4.78 is 3.13. The minimum atomic E-state index is -0.0541. The molecule has 22 heavy (non-hydrogen) atoms. The molecule has 0 fully saturated rings. The number of amides is 1. The number of benzene rings is 1. The zero-order valence-electron chi connectivity index (χ0n) is 12.5. The lowest BCUT2D eigenvalue weighted by Gasteiger charge is -2.15. The van der Waals surface area contributed by atoms with Gasteiger partial charge >= 0.3 is 0 Å². The number of nitrogens with zero attached hydrogens (tertiary/aromatic N) is 1. The van der Waals surface area contributed by atoms with Gasteiger partial charge in [0, 0.05) is 6.54 Å². The molecule has 3 rings (SSSR count). The van der Waals surface area contributed by atoms with Gasteiger partial charge in [-0.2, -0.15) is 0 Å². The maximum atomic E-state index is 12.6. The van der Waals surface area contributed by atoms with E-state index in [4.69, 9.17) is 0 Å². The Morgan fingerprint density at radius 2 is 2.14 bits per heavy atom. The molecule has 0 saturated heterocycles. The zero-order valence-corrected chi connectivity index (χ0v) is 13.3.